The third-order valence-electron chi connectivity index (χ3n) is 3.44. The second-order valence-corrected chi connectivity index (χ2v) is 5.95. The molecule has 9 heteroatoms. The first-order valence-electron chi connectivity index (χ1n) is 6.77. The number of rotatable bonds is 3. The fraction of sp³-hybridized carbons (Fsp3) is 0.0714. The van der Waals surface area contributed by atoms with Gasteiger partial charge in [0.15, 0.2) is 5.82 Å². The Bertz CT molecular complexity index is 821. The van der Waals surface area contributed by atoms with E-state index in [9.17, 15) is 5.21 Å². The van der Waals surface area contributed by atoms with Crippen molar-refractivity contribution in [2.75, 3.05) is 10.7 Å². The third kappa shape index (κ3) is 2.50. The summed E-state index contributed by atoms with van der Waals surface area (Å²) in [7, 11) is 0. The summed E-state index contributed by atoms with van der Waals surface area (Å²) in [6.07, 6.45) is 3.44. The van der Waals surface area contributed by atoms with E-state index >= 15 is 0 Å². The monoisotopic (exact) mass is 327 g/mol. The molecule has 116 valence electrons. The van der Waals surface area contributed by atoms with Gasteiger partial charge in [-0.2, -0.15) is 0 Å². The zero-order chi connectivity index (χ0) is 15.8. The molecule has 0 unspecified atom stereocenters. The minimum atomic E-state index is -0.158. The van der Waals surface area contributed by atoms with Crippen LogP contribution in [0.1, 0.15) is 10.9 Å². The first-order valence-corrected chi connectivity index (χ1v) is 7.65. The molecule has 1 aliphatic rings. The van der Waals surface area contributed by atoms with Crippen LogP contribution in [0.3, 0.4) is 0 Å². The molecule has 3 aromatic rings. The van der Waals surface area contributed by atoms with E-state index in [-0.39, 0.29) is 16.3 Å². The fourth-order valence-corrected chi connectivity index (χ4v) is 3.31. The van der Waals surface area contributed by atoms with E-state index < -0.39 is 0 Å². The molecule has 0 radical (unpaired) electrons. The number of pyridine rings is 1. The minimum Gasteiger partial charge on any atom is -0.733 e. The number of hydrogen-bond acceptors (Lipinski definition) is 8. The van der Waals surface area contributed by atoms with E-state index in [1.54, 1.807) is 36.7 Å². The molecule has 1 atom stereocenters. The summed E-state index contributed by atoms with van der Waals surface area (Å²) in [6, 6.07) is 10.5. The molecule has 23 heavy (non-hydrogen) atoms. The van der Waals surface area contributed by atoms with Gasteiger partial charge in [-0.15, -0.1) is 10.2 Å². The second kappa shape index (κ2) is 5.54. The van der Waals surface area contributed by atoms with Gasteiger partial charge in [-0.1, -0.05) is 23.9 Å². The lowest BCUT2D eigenvalue weighted by atomic mass is 10.2. The molecule has 1 aliphatic heterocycles. The summed E-state index contributed by atoms with van der Waals surface area (Å²) >= 11 is 1.52. The number of benzene rings is 1. The normalized spacial score (nSPS) is 16.0. The third-order valence-corrected chi connectivity index (χ3v) is 4.53. The van der Waals surface area contributed by atoms with Crippen LogP contribution in [0.2, 0.25) is 0 Å². The molecule has 0 bridgehead atoms. The number of hydrogen-bond donors (Lipinski definition) is 2. The van der Waals surface area contributed by atoms with E-state index in [2.05, 4.69) is 20.6 Å². The Balaban J connectivity index is 1.60. The number of nitrogens with zero attached hydrogens (tertiary/aromatic N) is 5. The van der Waals surface area contributed by atoms with Gasteiger partial charge < -0.3 is 15.9 Å². The molecule has 0 amide bonds. The maximum Gasteiger partial charge on any atom is 0.212 e. The highest BCUT2D eigenvalue weighted by Gasteiger charge is 2.28. The maximum absolute atomic E-state index is 10.8. The molecule has 1 aromatic carbocycles. The standard InChI is InChI=1S/C14H11N6O2S/c21-20(22)11-5-3-9(4-6-11)13-18-19-12(16-17-14(19)23-13)10-2-1-7-15-8-10/h1-8,13,18,21H/q-1/t13-/m1/s1. The fourth-order valence-electron chi connectivity index (χ4n) is 2.31. The lowest BCUT2D eigenvalue weighted by Crippen LogP contribution is -2.14. The van der Waals surface area contributed by atoms with Crippen LogP contribution in [0.4, 0.5) is 5.69 Å². The van der Waals surface area contributed by atoms with Crippen molar-refractivity contribution in [2.24, 2.45) is 0 Å². The van der Waals surface area contributed by atoms with E-state index in [0.29, 0.717) is 5.82 Å². The molecule has 8 nitrogen and oxygen atoms in total. The predicted molar refractivity (Wildman–Crippen MR) is 85.3 cm³/mol. The Morgan fingerprint density at radius 2 is 2.04 bits per heavy atom. The Morgan fingerprint density at radius 3 is 2.74 bits per heavy atom. The first-order chi connectivity index (χ1) is 11.2. The van der Waals surface area contributed by atoms with Crippen molar-refractivity contribution in [3.8, 4) is 11.4 Å². The van der Waals surface area contributed by atoms with Crippen LogP contribution >= 0.6 is 11.8 Å². The molecule has 0 saturated carbocycles. The van der Waals surface area contributed by atoms with Crippen molar-refractivity contribution in [3.63, 3.8) is 0 Å². The van der Waals surface area contributed by atoms with Crippen molar-refractivity contribution in [1.82, 2.24) is 19.9 Å². The Hall–Kier alpha value is -2.62. The zero-order valence-electron chi connectivity index (χ0n) is 11.7. The summed E-state index contributed by atoms with van der Waals surface area (Å²) in [5, 5.41) is 28.6. The first kappa shape index (κ1) is 14.0. The molecule has 2 N–H and O–H groups in total. The SMILES string of the molecule is [O-]N(O)c1ccc([C@@H]2Nn3c(nnc3-c3cccnc3)S2)cc1. The summed E-state index contributed by atoms with van der Waals surface area (Å²) in [6.45, 7) is 0. The van der Waals surface area contributed by atoms with Crippen molar-refractivity contribution in [1.29, 1.82) is 0 Å². The maximum atomic E-state index is 10.8. The van der Waals surface area contributed by atoms with Gasteiger partial charge in [-0.05, 0) is 29.8 Å². The van der Waals surface area contributed by atoms with Gasteiger partial charge in [0.05, 0.1) is 5.69 Å². The summed E-state index contributed by atoms with van der Waals surface area (Å²) < 4.78 is 1.83. The number of thioether (sulfide) groups is 1. The van der Waals surface area contributed by atoms with Gasteiger partial charge in [0.25, 0.3) is 0 Å². The molecule has 0 aliphatic carbocycles. The van der Waals surface area contributed by atoms with Crippen LogP contribution in [0.5, 0.6) is 0 Å². The average molecular weight is 327 g/mol. The highest BCUT2D eigenvalue weighted by Crippen LogP contribution is 2.40. The van der Waals surface area contributed by atoms with Crippen LogP contribution in [-0.2, 0) is 0 Å². The minimum absolute atomic E-state index is 0.0521. The van der Waals surface area contributed by atoms with Crippen molar-refractivity contribution >= 4 is 17.4 Å². The molecule has 0 spiro atoms. The quantitative estimate of drug-likeness (QED) is 0.707. The highest BCUT2D eigenvalue weighted by atomic mass is 32.2. The topological polar surface area (TPSA) is 102 Å². The van der Waals surface area contributed by atoms with Crippen molar-refractivity contribution in [3.05, 3.63) is 59.6 Å². The number of aromatic nitrogens is 4. The largest absolute Gasteiger partial charge is 0.733 e. The van der Waals surface area contributed by atoms with Gasteiger partial charge in [0.1, 0.15) is 5.37 Å². The summed E-state index contributed by atoms with van der Waals surface area (Å²) in [4.78, 5) is 4.10. The lowest BCUT2D eigenvalue weighted by molar-refractivity contribution is 0.296. The molecular formula is C14H11N6O2S-. The van der Waals surface area contributed by atoms with Crippen LogP contribution in [0, 0.1) is 5.21 Å². The van der Waals surface area contributed by atoms with Crippen LogP contribution in [0.15, 0.2) is 53.9 Å². The highest BCUT2D eigenvalue weighted by molar-refractivity contribution is 7.99. The Labute approximate surface area is 135 Å². The van der Waals surface area contributed by atoms with Crippen molar-refractivity contribution < 1.29 is 5.21 Å². The smallest absolute Gasteiger partial charge is 0.212 e. The van der Waals surface area contributed by atoms with Crippen LogP contribution in [0.25, 0.3) is 11.4 Å². The molecule has 0 saturated heterocycles. The van der Waals surface area contributed by atoms with E-state index in [0.717, 1.165) is 16.3 Å². The molecule has 0 fully saturated rings. The van der Waals surface area contributed by atoms with Crippen LogP contribution in [-0.4, -0.2) is 25.1 Å². The van der Waals surface area contributed by atoms with E-state index in [4.69, 9.17) is 5.21 Å². The van der Waals surface area contributed by atoms with Gasteiger partial charge in [-0.25, -0.2) is 4.68 Å². The molecule has 3 heterocycles. The van der Waals surface area contributed by atoms with E-state index in [1.807, 2.05) is 16.8 Å². The lowest BCUT2D eigenvalue weighted by Gasteiger charge is -2.22. The molecule has 2 aromatic heterocycles. The molecule has 4 rings (SSSR count). The second-order valence-electron chi connectivity index (χ2n) is 4.87. The average Bonchev–Trinajstić information content (AvgIpc) is 3.16. The van der Waals surface area contributed by atoms with Gasteiger partial charge in [-0.3, -0.25) is 10.2 Å². The zero-order valence-corrected chi connectivity index (χ0v) is 12.5. The summed E-state index contributed by atoms with van der Waals surface area (Å²) in [5.41, 5.74) is 5.34. The van der Waals surface area contributed by atoms with Crippen molar-refractivity contribution in [2.45, 2.75) is 10.5 Å². The Kier molecular flexibility index (Phi) is 3.37. The van der Waals surface area contributed by atoms with Gasteiger partial charge in [0, 0.05) is 18.0 Å². The van der Waals surface area contributed by atoms with Crippen LogP contribution < -0.4 is 10.7 Å². The molecular weight excluding hydrogens is 316 g/mol. The van der Waals surface area contributed by atoms with Gasteiger partial charge >= 0.3 is 0 Å². The number of fused-ring (bicyclic) bond motifs is 1. The Morgan fingerprint density at radius 1 is 1.22 bits per heavy atom. The predicted octanol–water partition coefficient (Wildman–Crippen LogP) is 2.38. The van der Waals surface area contributed by atoms with E-state index in [1.165, 1.54) is 11.8 Å². The number of anilines is 1. The number of nitrogens with one attached hydrogen (secondary N) is 1. The van der Waals surface area contributed by atoms with Gasteiger partial charge in [0.2, 0.25) is 5.16 Å². The summed E-state index contributed by atoms with van der Waals surface area (Å²) in [5.74, 6) is 0.695.